The van der Waals surface area contributed by atoms with E-state index in [2.05, 4.69) is 15.9 Å². The van der Waals surface area contributed by atoms with E-state index < -0.39 is 0 Å². The molecular formula is C26H33N5O3. The fraction of sp³-hybridized carbons (Fsp3) is 0.615. The summed E-state index contributed by atoms with van der Waals surface area (Å²) in [4.78, 5) is 46.3. The van der Waals surface area contributed by atoms with Gasteiger partial charge in [-0.2, -0.15) is 5.26 Å². The minimum absolute atomic E-state index is 0.00288. The summed E-state index contributed by atoms with van der Waals surface area (Å²) in [6, 6.07) is 7.91. The van der Waals surface area contributed by atoms with E-state index in [4.69, 9.17) is 0 Å². The van der Waals surface area contributed by atoms with Crippen LogP contribution in [0.4, 0.5) is 0 Å². The Morgan fingerprint density at radius 2 is 2.03 bits per heavy atom. The van der Waals surface area contributed by atoms with E-state index in [9.17, 15) is 19.6 Å². The van der Waals surface area contributed by atoms with Crippen LogP contribution in [0.25, 0.3) is 0 Å². The van der Waals surface area contributed by atoms with Crippen LogP contribution in [0, 0.1) is 17.2 Å². The highest BCUT2D eigenvalue weighted by Gasteiger charge is 2.53. The van der Waals surface area contributed by atoms with Gasteiger partial charge in [-0.1, -0.05) is 13.0 Å². The summed E-state index contributed by atoms with van der Waals surface area (Å²) < 4.78 is 0. The molecule has 3 heterocycles. The summed E-state index contributed by atoms with van der Waals surface area (Å²) in [6.07, 6.45) is 4.22. The van der Waals surface area contributed by atoms with Crippen molar-refractivity contribution in [2.75, 3.05) is 33.7 Å². The van der Waals surface area contributed by atoms with Crippen molar-refractivity contribution in [3.05, 3.63) is 34.9 Å². The van der Waals surface area contributed by atoms with Gasteiger partial charge in [-0.15, -0.1) is 0 Å². The zero-order chi connectivity index (χ0) is 24.1. The van der Waals surface area contributed by atoms with Crippen molar-refractivity contribution in [2.45, 2.75) is 63.2 Å². The number of likely N-dealkylation sites (tertiary alicyclic amines) is 3. The number of amides is 3. The van der Waals surface area contributed by atoms with Gasteiger partial charge in [0.25, 0.3) is 5.91 Å². The van der Waals surface area contributed by atoms with Gasteiger partial charge in [0, 0.05) is 51.3 Å². The largest absolute Gasteiger partial charge is 0.345 e. The average Bonchev–Trinajstić information content (AvgIpc) is 3.60. The topological polar surface area (TPSA) is 88.0 Å². The van der Waals surface area contributed by atoms with Gasteiger partial charge in [-0.05, 0) is 55.4 Å². The van der Waals surface area contributed by atoms with Gasteiger partial charge in [0.05, 0.1) is 18.2 Å². The fourth-order valence-corrected chi connectivity index (χ4v) is 6.45. The summed E-state index contributed by atoms with van der Waals surface area (Å²) in [7, 11) is 3.51. The van der Waals surface area contributed by atoms with Crippen LogP contribution in [-0.2, 0) is 16.0 Å². The lowest BCUT2D eigenvalue weighted by molar-refractivity contribution is -0.142. The number of rotatable bonds is 5. The van der Waals surface area contributed by atoms with Crippen LogP contribution in [0.15, 0.2) is 18.2 Å². The average molecular weight is 464 g/mol. The Bertz CT molecular complexity index is 1060. The molecule has 1 aromatic rings. The van der Waals surface area contributed by atoms with E-state index in [1.54, 1.807) is 23.9 Å². The summed E-state index contributed by atoms with van der Waals surface area (Å²) in [5.41, 5.74) is 3.03. The lowest BCUT2D eigenvalue weighted by Crippen LogP contribution is -2.53. The SMILES string of the molecule is C[C@@H](CN1C[C@@H]2C[C@H]1C(=O)N2C1CCc2cc(C(=O)N(C)C)ccc21)C(=O)N1CCC[C@H]1C#N. The normalized spacial score (nSPS) is 28.8. The number of hydrogen-bond acceptors (Lipinski definition) is 5. The predicted molar refractivity (Wildman–Crippen MR) is 126 cm³/mol. The predicted octanol–water partition coefficient (Wildman–Crippen LogP) is 1.81. The minimum Gasteiger partial charge on any atom is -0.345 e. The number of carbonyl (C=O) groups is 3. The molecule has 5 rings (SSSR count). The third kappa shape index (κ3) is 3.67. The second kappa shape index (κ2) is 8.70. The first-order chi connectivity index (χ1) is 16.3. The Morgan fingerprint density at radius 1 is 1.24 bits per heavy atom. The highest BCUT2D eigenvalue weighted by atomic mass is 16.2. The molecule has 8 heteroatoms. The maximum atomic E-state index is 13.4. The van der Waals surface area contributed by atoms with Gasteiger partial charge in [0.15, 0.2) is 0 Å². The molecule has 1 aromatic carbocycles. The number of benzene rings is 1. The molecule has 0 saturated carbocycles. The molecule has 0 radical (unpaired) electrons. The molecule has 4 aliphatic rings. The van der Waals surface area contributed by atoms with E-state index in [-0.39, 0.29) is 47.8 Å². The van der Waals surface area contributed by atoms with Crippen LogP contribution in [0.5, 0.6) is 0 Å². The zero-order valence-electron chi connectivity index (χ0n) is 20.2. The smallest absolute Gasteiger partial charge is 0.253 e. The number of nitrogens with zero attached hydrogens (tertiary/aromatic N) is 5. The van der Waals surface area contributed by atoms with Gasteiger partial charge in [-0.3, -0.25) is 19.3 Å². The molecule has 34 heavy (non-hydrogen) atoms. The van der Waals surface area contributed by atoms with Crippen molar-refractivity contribution < 1.29 is 14.4 Å². The lowest BCUT2D eigenvalue weighted by Gasteiger charge is -2.38. The van der Waals surface area contributed by atoms with Crippen LogP contribution >= 0.6 is 0 Å². The third-order valence-corrected chi connectivity index (χ3v) is 8.11. The van der Waals surface area contributed by atoms with E-state index in [0.29, 0.717) is 18.7 Å². The summed E-state index contributed by atoms with van der Waals surface area (Å²) in [5, 5.41) is 9.32. The second-order valence-electron chi connectivity index (χ2n) is 10.5. The molecule has 5 atom stereocenters. The van der Waals surface area contributed by atoms with E-state index in [1.165, 1.54) is 11.1 Å². The van der Waals surface area contributed by atoms with Crippen molar-refractivity contribution >= 4 is 17.7 Å². The monoisotopic (exact) mass is 463 g/mol. The summed E-state index contributed by atoms with van der Waals surface area (Å²) in [6.45, 7) is 3.93. The molecular weight excluding hydrogens is 430 g/mol. The second-order valence-corrected chi connectivity index (χ2v) is 10.5. The molecule has 0 aromatic heterocycles. The molecule has 2 bridgehead atoms. The van der Waals surface area contributed by atoms with E-state index >= 15 is 0 Å². The minimum atomic E-state index is -0.307. The Kier molecular flexibility index (Phi) is 5.85. The highest BCUT2D eigenvalue weighted by molar-refractivity contribution is 5.94. The third-order valence-electron chi connectivity index (χ3n) is 8.11. The molecule has 180 valence electrons. The number of aryl methyl sites for hydroxylation is 1. The molecule has 3 fully saturated rings. The number of fused-ring (bicyclic) bond motifs is 3. The zero-order valence-corrected chi connectivity index (χ0v) is 20.2. The molecule has 3 saturated heterocycles. The number of piperazine rings is 1. The summed E-state index contributed by atoms with van der Waals surface area (Å²) in [5.74, 6) is -0.0338. The molecule has 3 aliphatic heterocycles. The van der Waals surface area contributed by atoms with Crippen LogP contribution in [0.2, 0.25) is 0 Å². The Hall–Kier alpha value is -2.92. The van der Waals surface area contributed by atoms with Gasteiger partial charge < -0.3 is 14.7 Å². The van der Waals surface area contributed by atoms with Gasteiger partial charge in [-0.25, -0.2) is 0 Å². The van der Waals surface area contributed by atoms with Gasteiger partial charge in [0.1, 0.15) is 6.04 Å². The van der Waals surface area contributed by atoms with Crippen LogP contribution in [0.3, 0.4) is 0 Å². The van der Waals surface area contributed by atoms with Crippen molar-refractivity contribution in [2.24, 2.45) is 5.92 Å². The van der Waals surface area contributed by atoms with Crippen LogP contribution in [-0.4, -0.2) is 89.2 Å². The van der Waals surface area contributed by atoms with Crippen LogP contribution < -0.4 is 0 Å². The maximum absolute atomic E-state index is 13.4. The first-order valence-corrected chi connectivity index (χ1v) is 12.4. The Balaban J connectivity index is 1.25. The molecule has 0 spiro atoms. The quantitative estimate of drug-likeness (QED) is 0.665. The summed E-state index contributed by atoms with van der Waals surface area (Å²) >= 11 is 0. The first-order valence-electron chi connectivity index (χ1n) is 12.4. The lowest BCUT2D eigenvalue weighted by atomic mass is 10.0. The van der Waals surface area contributed by atoms with E-state index in [0.717, 1.165) is 38.6 Å². The number of hydrogen-bond donors (Lipinski definition) is 0. The van der Waals surface area contributed by atoms with Crippen LogP contribution in [0.1, 0.15) is 60.1 Å². The maximum Gasteiger partial charge on any atom is 0.253 e. The van der Waals surface area contributed by atoms with Crippen molar-refractivity contribution in [3.63, 3.8) is 0 Å². The standard InChI is InChI=1S/C26H33N5O3/c1-16(24(32)30-10-4-5-19(30)13-27)14-29-15-20-12-23(29)26(34)31(20)22-9-7-17-11-18(6-8-21(17)22)25(33)28(2)3/h6,8,11,16,19-20,22-23H,4-5,7,9-10,12,14-15H2,1-3H3/t16-,19-,20-,22?,23-/m0/s1. The Labute approximate surface area is 201 Å². The van der Waals surface area contributed by atoms with E-state index in [1.807, 2.05) is 25.1 Å². The van der Waals surface area contributed by atoms with Crippen molar-refractivity contribution in [1.82, 2.24) is 19.6 Å². The van der Waals surface area contributed by atoms with Gasteiger partial charge in [0.2, 0.25) is 11.8 Å². The molecule has 0 N–H and O–H groups in total. The van der Waals surface area contributed by atoms with Crippen molar-refractivity contribution in [1.29, 1.82) is 5.26 Å². The number of carbonyl (C=O) groups excluding carboxylic acids is 3. The van der Waals surface area contributed by atoms with Crippen molar-refractivity contribution in [3.8, 4) is 6.07 Å². The van der Waals surface area contributed by atoms with Gasteiger partial charge >= 0.3 is 0 Å². The fourth-order valence-electron chi connectivity index (χ4n) is 6.45. The number of nitriles is 1. The molecule has 1 unspecified atom stereocenters. The highest BCUT2D eigenvalue weighted by Crippen LogP contribution is 2.44. The molecule has 1 aliphatic carbocycles. The first kappa shape index (κ1) is 22.9. The Morgan fingerprint density at radius 3 is 2.74 bits per heavy atom. The molecule has 3 amide bonds. The molecule has 8 nitrogen and oxygen atoms in total.